The second-order valence-electron chi connectivity index (χ2n) is 4.87. The molecule has 1 unspecified atom stereocenters. The number of nitrogens with one attached hydrogen (secondary N) is 1. The van der Waals surface area contributed by atoms with E-state index in [4.69, 9.17) is 0 Å². The van der Waals surface area contributed by atoms with Gasteiger partial charge in [-0.15, -0.1) is 0 Å². The average molecular weight is 239 g/mol. The summed E-state index contributed by atoms with van der Waals surface area (Å²) >= 11 is 0. The van der Waals surface area contributed by atoms with E-state index in [0.717, 1.165) is 5.69 Å². The van der Waals surface area contributed by atoms with Gasteiger partial charge in [0, 0.05) is 24.0 Å². The predicted molar refractivity (Wildman–Crippen MR) is 71.2 cm³/mol. The van der Waals surface area contributed by atoms with Crippen LogP contribution in [0.1, 0.15) is 30.1 Å². The van der Waals surface area contributed by atoms with Gasteiger partial charge >= 0.3 is 0 Å². The highest BCUT2D eigenvalue weighted by Gasteiger charge is 2.51. The number of nitrogens with zero attached hydrogens (tertiary/aromatic N) is 2. The normalized spacial score (nSPS) is 18.3. The Kier molecular flexibility index (Phi) is 2.84. The van der Waals surface area contributed by atoms with Crippen LogP contribution in [0, 0.1) is 0 Å². The van der Waals surface area contributed by atoms with Gasteiger partial charge in [0.05, 0.1) is 11.7 Å². The Hall–Kier alpha value is -1.74. The fraction of sp³-hybridized carbons (Fsp3) is 0.333. The van der Waals surface area contributed by atoms with Crippen LogP contribution in [-0.4, -0.2) is 17.0 Å². The molecule has 3 nitrogen and oxygen atoms in total. The van der Waals surface area contributed by atoms with Crippen molar-refractivity contribution in [3.8, 4) is 0 Å². The first-order chi connectivity index (χ1) is 8.87. The van der Waals surface area contributed by atoms with Crippen LogP contribution >= 0.6 is 0 Å². The molecular weight excluding hydrogens is 222 g/mol. The van der Waals surface area contributed by atoms with Crippen LogP contribution in [-0.2, 0) is 5.41 Å². The highest BCUT2D eigenvalue weighted by atomic mass is 15.0. The van der Waals surface area contributed by atoms with Gasteiger partial charge in [0.25, 0.3) is 0 Å². The Morgan fingerprint density at radius 2 is 1.94 bits per heavy atom. The molecule has 3 heteroatoms. The lowest BCUT2D eigenvalue weighted by Crippen LogP contribution is -2.30. The monoisotopic (exact) mass is 239 g/mol. The van der Waals surface area contributed by atoms with Gasteiger partial charge in [0.2, 0.25) is 0 Å². The van der Waals surface area contributed by atoms with Crippen LogP contribution in [0.15, 0.2) is 48.9 Å². The van der Waals surface area contributed by atoms with E-state index in [1.165, 1.54) is 18.4 Å². The van der Waals surface area contributed by atoms with Crippen molar-refractivity contribution in [2.24, 2.45) is 0 Å². The molecule has 0 saturated heterocycles. The molecule has 2 aromatic rings. The molecule has 1 aromatic carbocycles. The van der Waals surface area contributed by atoms with E-state index < -0.39 is 0 Å². The topological polar surface area (TPSA) is 37.8 Å². The number of likely N-dealkylation sites (N-methyl/N-ethyl adjacent to an activating group) is 1. The fourth-order valence-electron chi connectivity index (χ4n) is 2.82. The maximum absolute atomic E-state index is 4.46. The molecule has 1 N–H and O–H groups in total. The van der Waals surface area contributed by atoms with Gasteiger partial charge in [-0.05, 0) is 25.5 Å². The maximum Gasteiger partial charge on any atom is 0.0765 e. The average Bonchev–Trinajstić information content (AvgIpc) is 3.24. The van der Waals surface area contributed by atoms with Crippen molar-refractivity contribution in [3.05, 3.63) is 60.2 Å². The van der Waals surface area contributed by atoms with E-state index in [-0.39, 0.29) is 11.5 Å². The van der Waals surface area contributed by atoms with E-state index in [9.17, 15) is 0 Å². The molecule has 0 radical (unpaired) electrons. The molecule has 18 heavy (non-hydrogen) atoms. The molecule has 0 aliphatic heterocycles. The number of hydrogen-bond donors (Lipinski definition) is 1. The minimum Gasteiger partial charge on any atom is -0.311 e. The van der Waals surface area contributed by atoms with E-state index in [1.807, 2.05) is 13.2 Å². The van der Waals surface area contributed by atoms with Crippen molar-refractivity contribution in [3.63, 3.8) is 0 Å². The van der Waals surface area contributed by atoms with Crippen LogP contribution in [0.3, 0.4) is 0 Å². The summed E-state index contributed by atoms with van der Waals surface area (Å²) in [4.78, 5) is 8.64. The molecule has 1 atom stereocenters. The number of benzene rings is 1. The Labute approximate surface area is 107 Å². The van der Waals surface area contributed by atoms with Gasteiger partial charge in [-0.25, -0.2) is 0 Å². The van der Waals surface area contributed by atoms with Crippen molar-refractivity contribution in [1.82, 2.24) is 15.3 Å². The third-order valence-electron chi connectivity index (χ3n) is 3.86. The van der Waals surface area contributed by atoms with Crippen molar-refractivity contribution in [1.29, 1.82) is 0 Å². The first kappa shape index (κ1) is 11.4. The molecule has 0 spiro atoms. The second-order valence-corrected chi connectivity index (χ2v) is 4.87. The summed E-state index contributed by atoms with van der Waals surface area (Å²) in [6, 6.07) is 11.0. The lowest BCUT2D eigenvalue weighted by molar-refractivity contribution is 0.451. The molecule has 0 amide bonds. The standard InChI is InChI=1S/C15H17N3/c1-16-14(13-11-17-9-10-18-13)15(7-8-15)12-5-3-2-4-6-12/h2-6,9-11,14,16H,7-8H2,1H3. The highest BCUT2D eigenvalue weighted by molar-refractivity contribution is 5.36. The number of aromatic nitrogens is 2. The zero-order valence-corrected chi connectivity index (χ0v) is 10.5. The zero-order valence-electron chi connectivity index (χ0n) is 10.5. The first-order valence-electron chi connectivity index (χ1n) is 6.35. The number of rotatable bonds is 4. The van der Waals surface area contributed by atoms with Crippen molar-refractivity contribution >= 4 is 0 Å². The smallest absolute Gasteiger partial charge is 0.0765 e. The second kappa shape index (κ2) is 4.50. The SMILES string of the molecule is CNC(c1cnccn1)C1(c2ccccc2)CC1. The minimum atomic E-state index is 0.200. The minimum absolute atomic E-state index is 0.200. The molecule has 0 bridgehead atoms. The summed E-state index contributed by atoms with van der Waals surface area (Å²) in [5.41, 5.74) is 2.63. The summed E-state index contributed by atoms with van der Waals surface area (Å²) in [6.45, 7) is 0. The lowest BCUT2D eigenvalue weighted by atomic mass is 9.86. The Morgan fingerprint density at radius 3 is 2.50 bits per heavy atom. The number of hydrogen-bond acceptors (Lipinski definition) is 3. The molecule has 1 aliphatic rings. The van der Waals surface area contributed by atoms with Crippen molar-refractivity contribution in [2.45, 2.75) is 24.3 Å². The van der Waals surface area contributed by atoms with Gasteiger partial charge < -0.3 is 5.32 Å². The van der Waals surface area contributed by atoms with Gasteiger partial charge in [-0.2, -0.15) is 0 Å². The van der Waals surface area contributed by atoms with E-state index in [0.29, 0.717) is 0 Å². The zero-order chi connectivity index (χ0) is 12.4. The van der Waals surface area contributed by atoms with Gasteiger partial charge in [0.1, 0.15) is 0 Å². The highest BCUT2D eigenvalue weighted by Crippen LogP contribution is 2.55. The fourth-order valence-corrected chi connectivity index (χ4v) is 2.82. The molecule has 1 saturated carbocycles. The third kappa shape index (κ3) is 1.81. The molecular formula is C15H17N3. The summed E-state index contributed by atoms with van der Waals surface area (Å²) < 4.78 is 0. The lowest BCUT2D eigenvalue weighted by Gasteiger charge is -2.26. The van der Waals surface area contributed by atoms with Crippen LogP contribution in [0.5, 0.6) is 0 Å². The van der Waals surface area contributed by atoms with Crippen molar-refractivity contribution < 1.29 is 0 Å². The van der Waals surface area contributed by atoms with E-state index >= 15 is 0 Å². The van der Waals surface area contributed by atoms with Gasteiger partial charge in [-0.1, -0.05) is 30.3 Å². The van der Waals surface area contributed by atoms with Gasteiger partial charge in [0.15, 0.2) is 0 Å². The molecule has 1 aliphatic carbocycles. The van der Waals surface area contributed by atoms with Crippen molar-refractivity contribution in [2.75, 3.05) is 7.05 Å². The quantitative estimate of drug-likeness (QED) is 0.890. The summed E-state index contributed by atoms with van der Waals surface area (Å²) in [5, 5.41) is 3.42. The van der Waals surface area contributed by atoms with Crippen LogP contribution in [0.25, 0.3) is 0 Å². The van der Waals surface area contributed by atoms with E-state index in [2.05, 4.69) is 45.6 Å². The summed E-state index contributed by atoms with van der Waals surface area (Å²) in [5.74, 6) is 0. The molecule has 3 rings (SSSR count). The third-order valence-corrected chi connectivity index (χ3v) is 3.86. The van der Waals surface area contributed by atoms with Crippen LogP contribution < -0.4 is 5.32 Å². The maximum atomic E-state index is 4.46. The summed E-state index contributed by atoms with van der Waals surface area (Å²) in [6.07, 6.45) is 7.77. The molecule has 92 valence electrons. The van der Waals surface area contributed by atoms with Crippen LogP contribution in [0.2, 0.25) is 0 Å². The van der Waals surface area contributed by atoms with E-state index in [1.54, 1.807) is 12.4 Å². The largest absolute Gasteiger partial charge is 0.311 e. The molecule has 1 aromatic heterocycles. The predicted octanol–water partition coefficient (Wildman–Crippen LogP) is 2.47. The first-order valence-corrected chi connectivity index (χ1v) is 6.35. The van der Waals surface area contributed by atoms with Crippen LogP contribution in [0.4, 0.5) is 0 Å². The molecule has 1 fully saturated rings. The van der Waals surface area contributed by atoms with Gasteiger partial charge in [-0.3, -0.25) is 9.97 Å². The summed E-state index contributed by atoms with van der Waals surface area (Å²) in [7, 11) is 2.00. The molecule has 1 heterocycles. The Bertz CT molecular complexity index is 506. The Balaban J connectivity index is 1.98. The Morgan fingerprint density at radius 1 is 1.17 bits per heavy atom.